The lowest BCUT2D eigenvalue weighted by atomic mass is 10.1. The van der Waals surface area contributed by atoms with Crippen molar-refractivity contribution in [3.63, 3.8) is 0 Å². The molecular weight excluding hydrogens is 393 g/mol. The first kappa shape index (κ1) is 20.0. The Morgan fingerprint density at radius 1 is 1.21 bits per heavy atom. The Balaban J connectivity index is 1.68. The van der Waals surface area contributed by atoms with Crippen molar-refractivity contribution in [2.24, 2.45) is 0 Å². The summed E-state index contributed by atoms with van der Waals surface area (Å²) >= 11 is 0. The Morgan fingerprint density at radius 3 is 2.69 bits per heavy atom. The second kappa shape index (κ2) is 7.85. The molecule has 2 aliphatic rings. The van der Waals surface area contributed by atoms with Gasteiger partial charge in [0, 0.05) is 37.8 Å². The largest absolute Gasteiger partial charge is 0.312 e. The Kier molecular flexibility index (Phi) is 5.42. The minimum absolute atomic E-state index is 0.0774. The van der Waals surface area contributed by atoms with Gasteiger partial charge in [0.15, 0.2) is 9.84 Å². The van der Waals surface area contributed by atoms with E-state index in [4.69, 9.17) is 0 Å². The van der Waals surface area contributed by atoms with E-state index in [1.54, 1.807) is 18.2 Å². The van der Waals surface area contributed by atoms with Crippen LogP contribution in [0, 0.1) is 5.82 Å². The maximum absolute atomic E-state index is 13.8. The van der Waals surface area contributed by atoms with Crippen molar-refractivity contribution >= 4 is 21.4 Å². The molecule has 2 aromatic carbocycles. The molecule has 4 rings (SSSR count). The topological polar surface area (TPSA) is 69.7 Å². The fourth-order valence-electron chi connectivity index (χ4n) is 4.12. The normalized spacial score (nSPS) is 22.5. The van der Waals surface area contributed by atoms with Gasteiger partial charge >= 0.3 is 0 Å². The molecule has 0 radical (unpaired) electrons. The zero-order valence-corrected chi connectivity index (χ0v) is 17.0. The van der Waals surface area contributed by atoms with Crippen LogP contribution in [0.25, 0.3) is 0 Å². The molecule has 1 saturated heterocycles. The number of halogens is 1. The van der Waals surface area contributed by atoms with Crippen molar-refractivity contribution in [1.82, 2.24) is 10.2 Å². The van der Waals surface area contributed by atoms with Crippen LogP contribution in [0.4, 0.5) is 10.1 Å². The van der Waals surface area contributed by atoms with E-state index in [9.17, 15) is 17.6 Å². The summed E-state index contributed by atoms with van der Waals surface area (Å²) in [6, 6.07) is 12.5. The molecule has 1 N–H and O–H groups in total. The highest BCUT2D eigenvalue weighted by molar-refractivity contribution is 7.92. The van der Waals surface area contributed by atoms with Gasteiger partial charge in [-0.3, -0.25) is 14.6 Å². The number of amides is 1. The van der Waals surface area contributed by atoms with Gasteiger partial charge < -0.3 is 5.32 Å². The van der Waals surface area contributed by atoms with Crippen molar-refractivity contribution in [1.29, 1.82) is 0 Å². The zero-order valence-electron chi connectivity index (χ0n) is 16.2. The average molecular weight is 418 g/mol. The van der Waals surface area contributed by atoms with Crippen molar-refractivity contribution in [3.05, 3.63) is 59.9 Å². The second-order valence-electron chi connectivity index (χ2n) is 7.64. The molecule has 0 aromatic heterocycles. The van der Waals surface area contributed by atoms with Gasteiger partial charge in [0.05, 0.1) is 11.4 Å². The first-order valence-electron chi connectivity index (χ1n) is 9.71. The summed E-state index contributed by atoms with van der Waals surface area (Å²) in [5, 5.41) is 2.25. The number of sulfone groups is 1. The Morgan fingerprint density at radius 2 is 1.97 bits per heavy atom. The first-order valence-corrected chi connectivity index (χ1v) is 11.3. The van der Waals surface area contributed by atoms with Crippen molar-refractivity contribution < 1.29 is 17.6 Å². The summed E-state index contributed by atoms with van der Waals surface area (Å²) in [6.45, 7) is 4.39. The highest BCUT2D eigenvalue weighted by Crippen LogP contribution is 2.37. The van der Waals surface area contributed by atoms with Crippen LogP contribution >= 0.6 is 0 Å². The molecule has 0 saturated carbocycles. The monoisotopic (exact) mass is 417 g/mol. The number of carbonyl (C=O) groups is 1. The standard InChI is InChI=1S/C21H24FN3O3S/c1-15-13-24(10-9-23-15)14-20(26)25-19-8-7-17(22)11-16(19)12-21(25)29(27,28)18-5-3-2-4-6-18/h2-8,11,15,21,23H,9-10,12-14H2,1H3. The number of benzene rings is 2. The number of carbonyl (C=O) groups excluding carboxylic acids is 1. The Bertz CT molecular complexity index is 1010. The summed E-state index contributed by atoms with van der Waals surface area (Å²) in [4.78, 5) is 16.8. The van der Waals surface area contributed by atoms with Gasteiger partial charge in [-0.25, -0.2) is 12.8 Å². The van der Waals surface area contributed by atoms with Crippen LogP contribution in [-0.2, 0) is 21.1 Å². The van der Waals surface area contributed by atoms with E-state index >= 15 is 0 Å². The predicted octanol–water partition coefficient (Wildman–Crippen LogP) is 1.81. The summed E-state index contributed by atoms with van der Waals surface area (Å²) < 4.78 is 40.5. The third-order valence-corrected chi connectivity index (χ3v) is 7.52. The predicted molar refractivity (Wildman–Crippen MR) is 109 cm³/mol. The Hall–Kier alpha value is -2.29. The molecule has 2 unspecified atom stereocenters. The number of anilines is 1. The maximum atomic E-state index is 13.8. The van der Waals surface area contributed by atoms with Gasteiger partial charge in [-0.15, -0.1) is 0 Å². The van der Waals surface area contributed by atoms with E-state index < -0.39 is 21.0 Å². The molecule has 6 nitrogen and oxygen atoms in total. The van der Waals surface area contributed by atoms with E-state index in [-0.39, 0.29) is 29.8 Å². The molecule has 0 aliphatic carbocycles. The molecule has 8 heteroatoms. The Labute approximate surface area is 170 Å². The second-order valence-corrected chi connectivity index (χ2v) is 9.75. The summed E-state index contributed by atoms with van der Waals surface area (Å²) in [5.41, 5.74) is 1.01. The fraction of sp³-hybridized carbons (Fsp3) is 0.381. The van der Waals surface area contributed by atoms with E-state index in [1.807, 2.05) is 11.8 Å². The number of hydrogen-bond acceptors (Lipinski definition) is 5. The molecule has 1 amide bonds. The van der Waals surface area contributed by atoms with Gasteiger partial charge in [0.2, 0.25) is 5.91 Å². The highest BCUT2D eigenvalue weighted by atomic mass is 32.2. The van der Waals surface area contributed by atoms with Crippen LogP contribution in [-0.4, -0.2) is 56.8 Å². The fourth-order valence-corrected chi connectivity index (χ4v) is 5.88. The number of hydrogen-bond donors (Lipinski definition) is 1. The van der Waals surface area contributed by atoms with Crippen LogP contribution in [0.15, 0.2) is 53.4 Å². The highest BCUT2D eigenvalue weighted by Gasteiger charge is 2.43. The summed E-state index contributed by atoms with van der Waals surface area (Å²) in [6.07, 6.45) is 0.0774. The van der Waals surface area contributed by atoms with Crippen LogP contribution in [0.3, 0.4) is 0 Å². The third-order valence-electron chi connectivity index (χ3n) is 5.49. The number of nitrogens with zero attached hydrogens (tertiary/aromatic N) is 2. The summed E-state index contributed by atoms with van der Waals surface area (Å²) in [7, 11) is -3.81. The zero-order chi connectivity index (χ0) is 20.6. The minimum Gasteiger partial charge on any atom is -0.312 e. The quantitative estimate of drug-likeness (QED) is 0.822. The van der Waals surface area contributed by atoms with E-state index in [0.29, 0.717) is 17.8 Å². The van der Waals surface area contributed by atoms with E-state index in [0.717, 1.165) is 13.1 Å². The van der Waals surface area contributed by atoms with Crippen molar-refractivity contribution in [2.75, 3.05) is 31.1 Å². The van der Waals surface area contributed by atoms with Crippen molar-refractivity contribution in [2.45, 2.75) is 29.7 Å². The SMILES string of the molecule is CC1CN(CC(=O)N2c3ccc(F)cc3CC2S(=O)(=O)c2ccccc2)CCN1. The van der Waals surface area contributed by atoms with Crippen LogP contribution in [0.1, 0.15) is 12.5 Å². The average Bonchev–Trinajstić information content (AvgIpc) is 3.08. The van der Waals surface area contributed by atoms with E-state index in [1.165, 1.54) is 35.2 Å². The number of nitrogens with one attached hydrogen (secondary N) is 1. The third kappa shape index (κ3) is 3.92. The van der Waals surface area contributed by atoms with Gasteiger partial charge in [0.25, 0.3) is 0 Å². The van der Waals surface area contributed by atoms with Crippen LogP contribution < -0.4 is 10.2 Å². The van der Waals surface area contributed by atoms with Crippen LogP contribution in [0.5, 0.6) is 0 Å². The number of piperazine rings is 1. The smallest absolute Gasteiger partial charge is 0.242 e. The molecule has 2 atom stereocenters. The minimum atomic E-state index is -3.81. The molecule has 29 heavy (non-hydrogen) atoms. The summed E-state index contributed by atoms with van der Waals surface area (Å²) in [5.74, 6) is -0.723. The van der Waals surface area contributed by atoms with Crippen LogP contribution in [0.2, 0.25) is 0 Å². The lowest BCUT2D eigenvalue weighted by Crippen LogP contribution is -2.53. The lowest BCUT2D eigenvalue weighted by Gasteiger charge is -2.33. The molecule has 2 aliphatic heterocycles. The molecule has 0 bridgehead atoms. The van der Waals surface area contributed by atoms with Gasteiger partial charge in [-0.2, -0.15) is 0 Å². The molecule has 1 fully saturated rings. The van der Waals surface area contributed by atoms with Crippen molar-refractivity contribution in [3.8, 4) is 0 Å². The van der Waals surface area contributed by atoms with Gasteiger partial charge in [0.1, 0.15) is 11.2 Å². The first-order chi connectivity index (χ1) is 13.9. The molecule has 2 aromatic rings. The molecule has 0 spiro atoms. The molecule has 2 heterocycles. The molecular formula is C21H24FN3O3S. The maximum Gasteiger partial charge on any atom is 0.242 e. The number of rotatable bonds is 4. The lowest BCUT2D eigenvalue weighted by molar-refractivity contribution is -0.120. The van der Waals surface area contributed by atoms with E-state index in [2.05, 4.69) is 5.32 Å². The van der Waals surface area contributed by atoms with Gasteiger partial charge in [-0.05, 0) is 42.8 Å². The molecule has 154 valence electrons. The van der Waals surface area contributed by atoms with Gasteiger partial charge in [-0.1, -0.05) is 18.2 Å². The number of fused-ring (bicyclic) bond motifs is 1.